The summed E-state index contributed by atoms with van der Waals surface area (Å²) in [6, 6.07) is 6.05. The summed E-state index contributed by atoms with van der Waals surface area (Å²) in [5.41, 5.74) is 0.841. The van der Waals surface area contributed by atoms with Crippen molar-refractivity contribution in [2.45, 2.75) is 38.1 Å². The highest BCUT2D eigenvalue weighted by molar-refractivity contribution is 5.78. The van der Waals surface area contributed by atoms with Gasteiger partial charge in [0, 0.05) is 17.9 Å². The van der Waals surface area contributed by atoms with Crippen LogP contribution < -0.4 is 5.32 Å². The summed E-state index contributed by atoms with van der Waals surface area (Å²) in [7, 11) is 0. The van der Waals surface area contributed by atoms with E-state index in [2.05, 4.69) is 10.3 Å². The van der Waals surface area contributed by atoms with Crippen molar-refractivity contribution in [3.8, 4) is 0 Å². The minimum Gasteiger partial charge on any atom is -0.353 e. The molecule has 1 amide bonds. The molecule has 1 aliphatic rings. The lowest BCUT2D eigenvalue weighted by molar-refractivity contribution is -0.121. The van der Waals surface area contributed by atoms with E-state index in [4.69, 9.17) is 0 Å². The first-order chi connectivity index (χ1) is 7.34. The highest BCUT2D eigenvalue weighted by Crippen LogP contribution is 2.17. The Kier molecular flexibility index (Phi) is 3.33. The van der Waals surface area contributed by atoms with E-state index in [1.807, 2.05) is 18.2 Å². The molecule has 0 aromatic carbocycles. The molecule has 1 aliphatic carbocycles. The van der Waals surface area contributed by atoms with Gasteiger partial charge in [-0.25, -0.2) is 0 Å². The smallest absolute Gasteiger partial charge is 0.226 e. The lowest BCUT2D eigenvalue weighted by Gasteiger charge is -2.11. The highest BCUT2D eigenvalue weighted by Gasteiger charge is 2.17. The minimum atomic E-state index is 0.0978. The number of amides is 1. The summed E-state index contributed by atoms with van der Waals surface area (Å²) >= 11 is 0. The quantitative estimate of drug-likeness (QED) is 0.814. The first-order valence-electron chi connectivity index (χ1n) is 5.54. The molecular weight excluding hydrogens is 188 g/mol. The lowest BCUT2D eigenvalue weighted by atomic mass is 10.2. The van der Waals surface area contributed by atoms with E-state index >= 15 is 0 Å². The van der Waals surface area contributed by atoms with Gasteiger partial charge in [-0.3, -0.25) is 9.78 Å². The van der Waals surface area contributed by atoms with Crippen molar-refractivity contribution in [1.29, 1.82) is 0 Å². The third-order valence-corrected chi connectivity index (χ3v) is 2.79. The van der Waals surface area contributed by atoms with Crippen LogP contribution in [0.15, 0.2) is 24.4 Å². The fourth-order valence-electron chi connectivity index (χ4n) is 2.02. The Hall–Kier alpha value is -1.38. The average molecular weight is 204 g/mol. The maximum Gasteiger partial charge on any atom is 0.226 e. The normalized spacial score (nSPS) is 16.5. The lowest BCUT2D eigenvalue weighted by Crippen LogP contribution is -2.33. The highest BCUT2D eigenvalue weighted by atomic mass is 16.1. The molecule has 1 N–H and O–H groups in total. The van der Waals surface area contributed by atoms with Crippen molar-refractivity contribution in [2.75, 3.05) is 0 Å². The molecule has 0 aliphatic heterocycles. The van der Waals surface area contributed by atoms with Gasteiger partial charge in [0.25, 0.3) is 0 Å². The molecule has 3 nitrogen and oxygen atoms in total. The van der Waals surface area contributed by atoms with Gasteiger partial charge in [0.05, 0.1) is 6.42 Å². The molecule has 1 heterocycles. The molecule has 0 spiro atoms. The van der Waals surface area contributed by atoms with Crippen LogP contribution >= 0.6 is 0 Å². The zero-order chi connectivity index (χ0) is 10.5. The molecule has 15 heavy (non-hydrogen) atoms. The molecule has 0 radical (unpaired) electrons. The van der Waals surface area contributed by atoms with E-state index in [0.717, 1.165) is 18.5 Å². The Bertz CT molecular complexity index is 318. The monoisotopic (exact) mass is 204 g/mol. The van der Waals surface area contributed by atoms with Crippen molar-refractivity contribution in [2.24, 2.45) is 0 Å². The number of pyridine rings is 1. The van der Waals surface area contributed by atoms with Crippen LogP contribution in [0, 0.1) is 0 Å². The number of carbonyl (C=O) groups excluding carboxylic acids is 1. The molecule has 0 unspecified atom stereocenters. The van der Waals surface area contributed by atoms with Crippen molar-refractivity contribution in [3.05, 3.63) is 30.1 Å². The van der Waals surface area contributed by atoms with Gasteiger partial charge in [-0.2, -0.15) is 0 Å². The molecule has 80 valence electrons. The number of aromatic nitrogens is 1. The number of rotatable bonds is 3. The summed E-state index contributed by atoms with van der Waals surface area (Å²) in [5.74, 6) is 0.0978. The third kappa shape index (κ3) is 3.05. The molecule has 1 saturated carbocycles. The number of hydrogen-bond donors (Lipinski definition) is 1. The molecule has 3 heteroatoms. The topological polar surface area (TPSA) is 42.0 Å². The Balaban J connectivity index is 1.82. The van der Waals surface area contributed by atoms with E-state index < -0.39 is 0 Å². The van der Waals surface area contributed by atoms with E-state index in [1.54, 1.807) is 6.20 Å². The van der Waals surface area contributed by atoms with E-state index in [0.29, 0.717) is 12.5 Å². The van der Waals surface area contributed by atoms with Crippen LogP contribution in [0.2, 0.25) is 0 Å². The Morgan fingerprint density at radius 3 is 2.87 bits per heavy atom. The number of carbonyl (C=O) groups is 1. The fourth-order valence-corrected chi connectivity index (χ4v) is 2.02. The van der Waals surface area contributed by atoms with Crippen molar-refractivity contribution in [3.63, 3.8) is 0 Å². The second-order valence-corrected chi connectivity index (χ2v) is 4.05. The van der Waals surface area contributed by atoms with Crippen molar-refractivity contribution >= 4 is 5.91 Å². The van der Waals surface area contributed by atoms with Crippen LogP contribution in [-0.2, 0) is 11.2 Å². The van der Waals surface area contributed by atoms with Crippen LogP contribution in [0.1, 0.15) is 31.4 Å². The summed E-state index contributed by atoms with van der Waals surface area (Å²) in [6.07, 6.45) is 6.88. The maximum atomic E-state index is 11.6. The standard InChI is InChI=1S/C12H16N2O/c15-12(14-10-5-1-2-6-10)9-11-7-3-4-8-13-11/h3-4,7-8,10H,1-2,5-6,9H2,(H,14,15). The third-order valence-electron chi connectivity index (χ3n) is 2.79. The van der Waals surface area contributed by atoms with Gasteiger partial charge in [-0.15, -0.1) is 0 Å². The van der Waals surface area contributed by atoms with Gasteiger partial charge >= 0.3 is 0 Å². The Morgan fingerprint density at radius 2 is 2.20 bits per heavy atom. The first kappa shape index (κ1) is 10.1. The zero-order valence-corrected chi connectivity index (χ0v) is 8.78. The zero-order valence-electron chi connectivity index (χ0n) is 8.78. The van der Waals surface area contributed by atoms with Crippen molar-refractivity contribution < 1.29 is 4.79 Å². The Labute approximate surface area is 89.9 Å². The van der Waals surface area contributed by atoms with Crippen LogP contribution in [-0.4, -0.2) is 16.9 Å². The Morgan fingerprint density at radius 1 is 1.40 bits per heavy atom. The van der Waals surface area contributed by atoms with Crippen LogP contribution in [0.5, 0.6) is 0 Å². The molecule has 0 saturated heterocycles. The second-order valence-electron chi connectivity index (χ2n) is 4.05. The molecule has 1 fully saturated rings. The predicted octanol–water partition coefficient (Wildman–Crippen LogP) is 1.68. The fraction of sp³-hybridized carbons (Fsp3) is 0.500. The molecule has 0 bridgehead atoms. The van der Waals surface area contributed by atoms with Crippen molar-refractivity contribution in [1.82, 2.24) is 10.3 Å². The van der Waals surface area contributed by atoms with Gasteiger partial charge in [0.2, 0.25) is 5.91 Å². The molecule has 2 rings (SSSR count). The predicted molar refractivity (Wildman–Crippen MR) is 58.3 cm³/mol. The van der Waals surface area contributed by atoms with Crippen LogP contribution in [0.25, 0.3) is 0 Å². The molecule has 0 atom stereocenters. The maximum absolute atomic E-state index is 11.6. The summed E-state index contributed by atoms with van der Waals surface area (Å²) in [5, 5.41) is 3.05. The number of nitrogens with zero attached hydrogens (tertiary/aromatic N) is 1. The van der Waals surface area contributed by atoms with Gasteiger partial charge < -0.3 is 5.32 Å². The first-order valence-corrected chi connectivity index (χ1v) is 5.54. The van der Waals surface area contributed by atoms with Crippen LogP contribution in [0.4, 0.5) is 0 Å². The number of hydrogen-bond acceptors (Lipinski definition) is 2. The average Bonchev–Trinajstić information content (AvgIpc) is 2.71. The van der Waals surface area contributed by atoms with E-state index in [9.17, 15) is 4.79 Å². The molecular formula is C12H16N2O. The van der Waals surface area contributed by atoms with E-state index in [-0.39, 0.29) is 5.91 Å². The minimum absolute atomic E-state index is 0.0978. The van der Waals surface area contributed by atoms with E-state index in [1.165, 1.54) is 12.8 Å². The number of nitrogens with one attached hydrogen (secondary N) is 1. The van der Waals surface area contributed by atoms with Gasteiger partial charge in [-0.05, 0) is 25.0 Å². The largest absolute Gasteiger partial charge is 0.353 e. The van der Waals surface area contributed by atoms with Gasteiger partial charge in [-0.1, -0.05) is 18.9 Å². The molecule has 1 aromatic heterocycles. The molecule has 1 aromatic rings. The summed E-state index contributed by atoms with van der Waals surface area (Å²) < 4.78 is 0. The van der Waals surface area contributed by atoms with Gasteiger partial charge in [0.15, 0.2) is 0 Å². The summed E-state index contributed by atoms with van der Waals surface area (Å²) in [4.78, 5) is 15.7. The second kappa shape index (κ2) is 4.91. The van der Waals surface area contributed by atoms with Gasteiger partial charge in [0.1, 0.15) is 0 Å². The van der Waals surface area contributed by atoms with Crippen LogP contribution in [0.3, 0.4) is 0 Å². The summed E-state index contributed by atoms with van der Waals surface area (Å²) in [6.45, 7) is 0. The SMILES string of the molecule is O=C(Cc1ccccn1)NC1CCCC1.